The Labute approximate surface area is 268 Å². The molecule has 0 unspecified atom stereocenters. The first kappa shape index (κ1) is 32.1. The molecule has 8 nitrogen and oxygen atoms in total. The number of fused-ring (bicyclic) bond motifs is 1. The fourth-order valence-electron chi connectivity index (χ4n) is 5.74. The second-order valence-electron chi connectivity index (χ2n) is 12.1. The zero-order valence-electron chi connectivity index (χ0n) is 26.0. The van der Waals surface area contributed by atoms with Gasteiger partial charge in [-0.3, -0.25) is 14.4 Å². The van der Waals surface area contributed by atoms with Gasteiger partial charge < -0.3 is 25.7 Å². The molecule has 0 radical (unpaired) electrons. The van der Waals surface area contributed by atoms with Gasteiger partial charge in [0, 0.05) is 22.5 Å². The Kier molecular flexibility index (Phi) is 10.1. The van der Waals surface area contributed by atoms with Crippen molar-refractivity contribution in [3.8, 4) is 11.1 Å². The van der Waals surface area contributed by atoms with Gasteiger partial charge in [0.05, 0.1) is 25.8 Å². The van der Waals surface area contributed by atoms with E-state index in [1.165, 1.54) is 0 Å². The first-order valence-corrected chi connectivity index (χ1v) is 16.3. The lowest BCUT2D eigenvalue weighted by Gasteiger charge is -2.29. The predicted octanol–water partition coefficient (Wildman–Crippen LogP) is 5.62. The van der Waals surface area contributed by atoms with E-state index in [1.54, 1.807) is 22.9 Å². The third-order valence-electron chi connectivity index (χ3n) is 8.09. The lowest BCUT2D eigenvalue weighted by molar-refractivity contribution is -0.128. The van der Waals surface area contributed by atoms with Crippen LogP contribution in [0.1, 0.15) is 49.1 Å². The van der Waals surface area contributed by atoms with Crippen molar-refractivity contribution in [3.63, 3.8) is 0 Å². The van der Waals surface area contributed by atoms with Crippen LogP contribution in [0.5, 0.6) is 0 Å². The Hall–Kier alpha value is -4.34. The molecule has 4 N–H and O–H groups in total. The minimum Gasteiger partial charge on any atom is -0.468 e. The zero-order valence-corrected chi connectivity index (χ0v) is 26.8. The standard InChI is InChI=1S/C36H40N4O4S/c1-36(2,38-22-28-8-6-18-44-28)21-34(42)39-31-16-14-27-19-29(45-3)15-17-32(27)40(35(31)43)23-24-10-12-25(13-11-24)30-9-5-4-7-26(30)20-33(37)41/h4-13,15,17-19,31,38H,14,16,20-23H2,1-3H3,(H2,37,41)(H,39,42)/t31-/m1/s1. The number of carbonyl (C=O) groups is 3. The Morgan fingerprint density at radius 1 is 1.04 bits per heavy atom. The Morgan fingerprint density at radius 3 is 2.53 bits per heavy atom. The average molecular weight is 625 g/mol. The lowest BCUT2D eigenvalue weighted by Crippen LogP contribution is -2.50. The van der Waals surface area contributed by atoms with E-state index in [0.717, 1.165) is 44.2 Å². The van der Waals surface area contributed by atoms with E-state index < -0.39 is 11.6 Å². The largest absolute Gasteiger partial charge is 0.468 e. The van der Waals surface area contributed by atoms with Crippen LogP contribution >= 0.6 is 11.8 Å². The molecule has 1 aromatic heterocycles. The van der Waals surface area contributed by atoms with Crippen molar-refractivity contribution in [1.82, 2.24) is 10.6 Å². The van der Waals surface area contributed by atoms with Crippen LogP contribution in [0.15, 0.2) is 94.4 Å². The number of carbonyl (C=O) groups excluding carboxylic acids is 3. The summed E-state index contributed by atoms with van der Waals surface area (Å²) in [7, 11) is 0. The third kappa shape index (κ3) is 8.23. The van der Waals surface area contributed by atoms with Crippen molar-refractivity contribution < 1.29 is 18.8 Å². The number of hydrogen-bond acceptors (Lipinski definition) is 6. The molecule has 3 amide bonds. The number of nitrogens with two attached hydrogens (primary N) is 1. The summed E-state index contributed by atoms with van der Waals surface area (Å²) >= 11 is 1.66. The van der Waals surface area contributed by atoms with Crippen molar-refractivity contribution in [3.05, 3.63) is 108 Å². The number of anilines is 1. The molecule has 3 aromatic carbocycles. The number of nitrogens with zero attached hydrogens (tertiary/aromatic N) is 1. The molecule has 45 heavy (non-hydrogen) atoms. The van der Waals surface area contributed by atoms with E-state index >= 15 is 0 Å². The summed E-state index contributed by atoms with van der Waals surface area (Å²) in [5.41, 5.74) is 10.7. The van der Waals surface area contributed by atoms with Crippen molar-refractivity contribution in [2.75, 3.05) is 11.2 Å². The number of primary amides is 1. The van der Waals surface area contributed by atoms with Gasteiger partial charge in [-0.15, -0.1) is 11.8 Å². The Morgan fingerprint density at radius 2 is 1.82 bits per heavy atom. The topological polar surface area (TPSA) is 118 Å². The smallest absolute Gasteiger partial charge is 0.249 e. The maximum Gasteiger partial charge on any atom is 0.249 e. The molecular formula is C36H40N4O4S. The van der Waals surface area contributed by atoms with E-state index in [-0.39, 0.29) is 30.6 Å². The van der Waals surface area contributed by atoms with Crippen LogP contribution in [0.2, 0.25) is 0 Å². The first-order valence-electron chi connectivity index (χ1n) is 15.1. The second kappa shape index (κ2) is 14.2. The number of hydrogen-bond donors (Lipinski definition) is 3. The van der Waals surface area contributed by atoms with Gasteiger partial charge in [0.25, 0.3) is 0 Å². The molecule has 0 saturated carbocycles. The Balaban J connectivity index is 1.34. The van der Waals surface area contributed by atoms with Gasteiger partial charge in [-0.2, -0.15) is 0 Å². The number of amides is 3. The van der Waals surface area contributed by atoms with Gasteiger partial charge >= 0.3 is 0 Å². The minimum atomic E-state index is -0.650. The first-order chi connectivity index (χ1) is 21.6. The molecule has 1 aliphatic rings. The number of thioether (sulfide) groups is 1. The van der Waals surface area contributed by atoms with Gasteiger partial charge in [0.15, 0.2) is 0 Å². The van der Waals surface area contributed by atoms with Crippen LogP contribution in [0.3, 0.4) is 0 Å². The van der Waals surface area contributed by atoms with Crippen LogP contribution in [-0.4, -0.2) is 35.6 Å². The van der Waals surface area contributed by atoms with Gasteiger partial charge in [0.2, 0.25) is 17.7 Å². The number of aryl methyl sites for hydroxylation is 1. The SMILES string of the molecule is CSc1ccc2c(c1)CC[C@@H](NC(=O)CC(C)(C)NCc1ccco1)C(=O)N2Cc1ccc(-c2ccccc2CC(N)=O)cc1. The summed E-state index contributed by atoms with van der Waals surface area (Å²) in [5, 5.41) is 6.43. The third-order valence-corrected chi connectivity index (χ3v) is 8.82. The average Bonchev–Trinajstić information content (AvgIpc) is 3.51. The predicted molar refractivity (Wildman–Crippen MR) is 179 cm³/mol. The monoisotopic (exact) mass is 624 g/mol. The van der Waals surface area contributed by atoms with Crippen molar-refractivity contribution >= 4 is 35.2 Å². The summed E-state index contributed by atoms with van der Waals surface area (Å²) in [6, 6.07) is 25.0. The van der Waals surface area contributed by atoms with E-state index in [4.69, 9.17) is 10.2 Å². The van der Waals surface area contributed by atoms with Crippen molar-refractivity contribution in [2.45, 2.75) is 69.1 Å². The highest BCUT2D eigenvalue weighted by molar-refractivity contribution is 7.98. The fraction of sp³-hybridized carbons (Fsp3) is 0.306. The highest BCUT2D eigenvalue weighted by Crippen LogP contribution is 2.33. The molecule has 0 saturated heterocycles. The van der Waals surface area contributed by atoms with Gasteiger partial charge in [-0.1, -0.05) is 48.5 Å². The van der Waals surface area contributed by atoms with E-state index in [2.05, 4.69) is 16.7 Å². The van der Waals surface area contributed by atoms with Crippen molar-refractivity contribution in [1.29, 1.82) is 0 Å². The molecule has 234 valence electrons. The highest BCUT2D eigenvalue weighted by Gasteiger charge is 2.33. The van der Waals surface area contributed by atoms with Gasteiger partial charge in [-0.05, 0) is 91.1 Å². The van der Waals surface area contributed by atoms with Gasteiger partial charge in [-0.25, -0.2) is 0 Å². The normalized spacial score (nSPS) is 15.0. The summed E-state index contributed by atoms with van der Waals surface area (Å²) in [6.07, 6.45) is 5.23. The van der Waals surface area contributed by atoms with Crippen molar-refractivity contribution in [2.24, 2.45) is 5.73 Å². The maximum absolute atomic E-state index is 14.1. The second-order valence-corrected chi connectivity index (χ2v) is 12.9. The van der Waals surface area contributed by atoms with E-state index in [0.29, 0.717) is 25.9 Å². The summed E-state index contributed by atoms with van der Waals surface area (Å²) in [4.78, 5) is 41.9. The summed E-state index contributed by atoms with van der Waals surface area (Å²) in [6.45, 7) is 4.79. The Bertz CT molecular complexity index is 1650. The molecule has 0 bridgehead atoms. The molecule has 5 rings (SSSR count). The number of nitrogens with one attached hydrogen (secondary N) is 2. The number of furan rings is 1. The fourth-order valence-corrected chi connectivity index (χ4v) is 6.21. The van der Waals surface area contributed by atoms with Crippen LogP contribution in [0, 0.1) is 0 Å². The van der Waals surface area contributed by atoms with Crippen LogP contribution in [-0.2, 0) is 40.3 Å². The quantitative estimate of drug-likeness (QED) is 0.176. The van der Waals surface area contributed by atoms with E-state index in [9.17, 15) is 14.4 Å². The van der Waals surface area contributed by atoms with Crippen LogP contribution in [0.4, 0.5) is 5.69 Å². The highest BCUT2D eigenvalue weighted by atomic mass is 32.2. The van der Waals surface area contributed by atoms with Crippen LogP contribution in [0.25, 0.3) is 11.1 Å². The molecule has 9 heteroatoms. The summed E-state index contributed by atoms with van der Waals surface area (Å²) < 4.78 is 5.41. The molecule has 1 atom stereocenters. The lowest BCUT2D eigenvalue weighted by atomic mass is 9.96. The molecular weight excluding hydrogens is 584 g/mol. The molecule has 2 heterocycles. The van der Waals surface area contributed by atoms with Crippen LogP contribution < -0.4 is 21.3 Å². The minimum absolute atomic E-state index is 0.128. The molecule has 0 fully saturated rings. The number of benzene rings is 3. The summed E-state index contributed by atoms with van der Waals surface area (Å²) in [5.74, 6) is 0.108. The molecule has 4 aromatic rings. The molecule has 1 aliphatic heterocycles. The molecule has 0 spiro atoms. The van der Waals surface area contributed by atoms with Gasteiger partial charge in [0.1, 0.15) is 11.8 Å². The number of rotatable bonds is 12. The molecule has 0 aliphatic carbocycles. The zero-order chi connectivity index (χ0) is 32.0. The maximum atomic E-state index is 14.1. The van der Waals surface area contributed by atoms with E-state index in [1.807, 2.05) is 92.9 Å².